The van der Waals surface area contributed by atoms with Gasteiger partial charge >= 0.3 is 0 Å². The van der Waals surface area contributed by atoms with Gasteiger partial charge in [0.25, 0.3) is 0 Å². The number of rotatable bonds is 10. The van der Waals surface area contributed by atoms with Crippen molar-refractivity contribution in [2.75, 3.05) is 42.0 Å². The molecule has 14 heteroatoms. The molecule has 6 aromatic rings. The van der Waals surface area contributed by atoms with Gasteiger partial charge in [0.05, 0.1) is 37.4 Å². The van der Waals surface area contributed by atoms with E-state index in [-0.39, 0.29) is 13.6 Å². The van der Waals surface area contributed by atoms with Crippen molar-refractivity contribution in [1.29, 1.82) is 0 Å². The van der Waals surface area contributed by atoms with Gasteiger partial charge in [0.2, 0.25) is 13.6 Å². The van der Waals surface area contributed by atoms with Crippen molar-refractivity contribution in [2.24, 2.45) is 0 Å². The minimum absolute atomic E-state index is 0.143. The lowest BCUT2D eigenvalue weighted by atomic mass is 10.1. The third-order valence-corrected chi connectivity index (χ3v) is 20.4. The Morgan fingerprint density at radius 3 is 0.788 bits per heavy atom. The Bertz CT molecular complexity index is 2610. The Morgan fingerprint density at radius 2 is 0.576 bits per heavy atom. The summed E-state index contributed by atoms with van der Waals surface area (Å²) in [5.74, 6) is 5.74. The van der Waals surface area contributed by atoms with Gasteiger partial charge in [0.1, 0.15) is 23.0 Å². The minimum Gasteiger partial charge on any atom is -0.496 e. The van der Waals surface area contributed by atoms with E-state index < -0.39 is 14.3 Å². The van der Waals surface area contributed by atoms with E-state index in [1.165, 1.54) is 0 Å². The van der Waals surface area contributed by atoms with Gasteiger partial charge in [-0.2, -0.15) is 0 Å². The zero-order chi connectivity index (χ0) is 48.2. The Morgan fingerprint density at radius 1 is 0.364 bits per heavy atom. The SMILES string of the molecule is COc1c(C)cc(P(=O)(c2cc(C)c(OC)c(C)c2)c2cc(C)c3c(c2Br)OCO3)cc1C.COc1c(C)cc(P(=O)(c2cc(C)c(OC)c(C)c2)c2cc(C)c3c(c2Br)OCO3)cc1C. The second-order valence-corrected chi connectivity index (χ2v) is 23.9. The summed E-state index contributed by atoms with van der Waals surface area (Å²) >= 11 is 7.40. The van der Waals surface area contributed by atoms with E-state index in [9.17, 15) is 0 Å². The molecule has 0 saturated heterocycles. The molecule has 0 amide bonds. The molecule has 348 valence electrons. The Hall–Kier alpha value is -4.86. The molecule has 0 radical (unpaired) electrons. The minimum atomic E-state index is -3.34. The summed E-state index contributed by atoms with van der Waals surface area (Å²) in [6.45, 7) is 20.0. The quantitative estimate of drug-likeness (QED) is 0.123. The number of fused-ring (bicyclic) bond motifs is 2. The maximum atomic E-state index is 15.4. The van der Waals surface area contributed by atoms with Crippen LogP contribution >= 0.6 is 46.1 Å². The second kappa shape index (κ2) is 19.0. The van der Waals surface area contributed by atoms with Gasteiger partial charge < -0.3 is 47.0 Å². The molecule has 0 spiro atoms. The summed E-state index contributed by atoms with van der Waals surface area (Å²) in [6.07, 6.45) is 0. The van der Waals surface area contributed by atoms with Crippen LogP contribution in [0.4, 0.5) is 0 Å². The van der Waals surface area contributed by atoms with Crippen LogP contribution in [0.15, 0.2) is 69.6 Å². The van der Waals surface area contributed by atoms with E-state index in [0.29, 0.717) is 42.6 Å². The zero-order valence-corrected chi connectivity index (χ0v) is 44.9. The highest BCUT2D eigenvalue weighted by Gasteiger charge is 2.39. The van der Waals surface area contributed by atoms with Crippen molar-refractivity contribution in [3.8, 4) is 46.0 Å². The van der Waals surface area contributed by atoms with Crippen LogP contribution in [-0.4, -0.2) is 42.0 Å². The molecular formula is C52H56Br2O10P2. The number of benzene rings is 6. The summed E-state index contributed by atoms with van der Waals surface area (Å²) in [6, 6.07) is 19.6. The lowest BCUT2D eigenvalue weighted by molar-refractivity contribution is 0.173. The van der Waals surface area contributed by atoms with Crippen LogP contribution in [0, 0.1) is 69.2 Å². The van der Waals surface area contributed by atoms with Gasteiger partial charge in [-0.3, -0.25) is 0 Å². The summed E-state index contributed by atoms with van der Waals surface area (Å²) in [5, 5.41) is 4.30. The Kier molecular flexibility index (Phi) is 14.1. The number of hydrogen-bond acceptors (Lipinski definition) is 10. The van der Waals surface area contributed by atoms with E-state index in [0.717, 1.165) is 99.9 Å². The number of methoxy groups -OCH3 is 4. The second-order valence-electron chi connectivity index (χ2n) is 16.9. The highest BCUT2D eigenvalue weighted by atomic mass is 79.9. The van der Waals surface area contributed by atoms with E-state index >= 15 is 9.13 Å². The molecular weight excluding hydrogens is 1010 g/mol. The molecule has 10 nitrogen and oxygen atoms in total. The van der Waals surface area contributed by atoms with Crippen LogP contribution in [0.5, 0.6) is 46.0 Å². The molecule has 0 fully saturated rings. The number of ether oxygens (including phenoxy) is 8. The molecule has 6 aromatic carbocycles. The molecule has 0 bridgehead atoms. The summed E-state index contributed by atoms with van der Waals surface area (Å²) in [7, 11) is -0.0490. The van der Waals surface area contributed by atoms with Crippen molar-refractivity contribution in [3.05, 3.63) is 125 Å². The van der Waals surface area contributed by atoms with Gasteiger partial charge in [-0.05, 0) is 217 Å². The van der Waals surface area contributed by atoms with Crippen molar-refractivity contribution in [2.45, 2.75) is 69.2 Å². The average Bonchev–Trinajstić information content (AvgIpc) is 3.98. The van der Waals surface area contributed by atoms with Gasteiger partial charge in [-0.25, -0.2) is 0 Å². The third-order valence-electron chi connectivity index (χ3n) is 12.2. The number of aryl methyl sites for hydroxylation is 10. The zero-order valence-electron chi connectivity index (χ0n) is 39.9. The molecule has 0 atom stereocenters. The Labute approximate surface area is 405 Å². The standard InChI is InChI=1S/2C26H28BrO5P/c2*1-14-8-19(9-15(2)23(14)29-6)33(28,20-10-16(3)24(30-7)17(4)11-20)21-12-18(5)25-26(22(21)27)32-13-31-25/h2*8-12H,13H2,1-7H3. The summed E-state index contributed by atoms with van der Waals surface area (Å²) < 4.78 is 77.2. The lowest BCUT2D eigenvalue weighted by Crippen LogP contribution is -2.27. The largest absolute Gasteiger partial charge is 0.496 e. The van der Waals surface area contributed by atoms with E-state index in [4.69, 9.17) is 37.9 Å². The van der Waals surface area contributed by atoms with Crippen LogP contribution < -0.4 is 69.7 Å². The molecule has 0 aromatic heterocycles. The van der Waals surface area contributed by atoms with Crippen LogP contribution in [0.25, 0.3) is 0 Å². The van der Waals surface area contributed by atoms with E-state index in [2.05, 4.69) is 31.9 Å². The number of hydrogen-bond donors (Lipinski definition) is 0. The maximum absolute atomic E-state index is 15.4. The van der Waals surface area contributed by atoms with Crippen LogP contribution in [0.3, 0.4) is 0 Å². The first-order valence-electron chi connectivity index (χ1n) is 21.3. The lowest BCUT2D eigenvalue weighted by Gasteiger charge is -2.25. The molecule has 2 aliphatic heterocycles. The molecule has 0 saturated carbocycles. The summed E-state index contributed by atoms with van der Waals surface area (Å²) in [5.41, 5.74) is 9.23. The van der Waals surface area contributed by atoms with Crippen molar-refractivity contribution in [3.63, 3.8) is 0 Å². The number of halogens is 2. The molecule has 66 heavy (non-hydrogen) atoms. The van der Waals surface area contributed by atoms with Gasteiger partial charge in [-0.1, -0.05) is 0 Å². The monoisotopic (exact) mass is 1060 g/mol. The third kappa shape index (κ3) is 8.31. The van der Waals surface area contributed by atoms with Gasteiger partial charge in [0.15, 0.2) is 37.3 Å². The van der Waals surface area contributed by atoms with Crippen molar-refractivity contribution < 1.29 is 47.0 Å². The molecule has 2 heterocycles. The fourth-order valence-electron chi connectivity index (χ4n) is 9.41. The van der Waals surface area contributed by atoms with Crippen LogP contribution in [-0.2, 0) is 9.13 Å². The topological polar surface area (TPSA) is 108 Å². The van der Waals surface area contributed by atoms with E-state index in [1.807, 2.05) is 130 Å². The predicted molar refractivity (Wildman–Crippen MR) is 273 cm³/mol. The first-order valence-corrected chi connectivity index (χ1v) is 26.3. The average molecular weight is 1060 g/mol. The summed E-state index contributed by atoms with van der Waals surface area (Å²) in [4.78, 5) is 0. The molecule has 8 rings (SSSR count). The molecule has 0 unspecified atom stereocenters. The maximum Gasteiger partial charge on any atom is 0.231 e. The fourth-order valence-corrected chi connectivity index (χ4v) is 17.9. The smallest absolute Gasteiger partial charge is 0.231 e. The van der Waals surface area contributed by atoms with Crippen molar-refractivity contribution >= 4 is 78.0 Å². The molecule has 2 aliphatic rings. The molecule has 0 N–H and O–H groups in total. The first-order chi connectivity index (χ1) is 31.3. The predicted octanol–water partition coefficient (Wildman–Crippen LogP) is 10.8. The van der Waals surface area contributed by atoms with E-state index in [1.54, 1.807) is 28.4 Å². The van der Waals surface area contributed by atoms with Crippen LogP contribution in [0.2, 0.25) is 0 Å². The van der Waals surface area contributed by atoms with Gasteiger partial charge in [0, 0.05) is 31.8 Å². The van der Waals surface area contributed by atoms with Crippen molar-refractivity contribution in [1.82, 2.24) is 0 Å². The first kappa shape index (κ1) is 49.1. The Balaban J connectivity index is 0.000000196. The normalized spacial score (nSPS) is 12.7. The highest BCUT2D eigenvalue weighted by Crippen LogP contribution is 2.53. The highest BCUT2D eigenvalue weighted by molar-refractivity contribution is 9.11. The van der Waals surface area contributed by atoms with Gasteiger partial charge in [-0.15, -0.1) is 0 Å². The molecule has 0 aliphatic carbocycles. The fraction of sp³-hybridized carbons (Fsp3) is 0.308. The van der Waals surface area contributed by atoms with Crippen LogP contribution in [0.1, 0.15) is 55.6 Å².